The van der Waals surface area contributed by atoms with Crippen LogP contribution in [-0.2, 0) is 26.4 Å². The zero-order valence-electron chi connectivity index (χ0n) is 19.1. The number of carbonyl (C=O) groups excluding carboxylic acids is 1. The quantitative estimate of drug-likeness (QED) is 0.465. The van der Waals surface area contributed by atoms with E-state index in [1.54, 1.807) is 31.2 Å². The number of rotatable bonds is 8. The minimum atomic E-state index is -1.71. The van der Waals surface area contributed by atoms with Crippen LogP contribution < -0.4 is 0 Å². The van der Waals surface area contributed by atoms with E-state index in [2.05, 4.69) is 10.1 Å². The molecule has 0 saturated carbocycles. The second-order valence-corrected chi connectivity index (χ2v) is 9.80. The van der Waals surface area contributed by atoms with Gasteiger partial charge in [0.1, 0.15) is 29.9 Å². The monoisotopic (exact) mass is 505 g/mol. The van der Waals surface area contributed by atoms with Gasteiger partial charge in [-0.1, -0.05) is 25.1 Å². The maximum Gasteiger partial charge on any atom is 0.337 e. The third-order valence-electron chi connectivity index (χ3n) is 5.81. The van der Waals surface area contributed by atoms with E-state index in [1.807, 2.05) is 0 Å². The first kappa shape index (κ1) is 25.2. The average Bonchev–Trinajstić information content (AvgIpc) is 3.36. The lowest BCUT2D eigenvalue weighted by molar-refractivity contribution is -0.180. The van der Waals surface area contributed by atoms with Gasteiger partial charge in [0, 0.05) is 22.4 Å². The van der Waals surface area contributed by atoms with Gasteiger partial charge in [-0.2, -0.15) is 5.10 Å². The molecule has 4 rings (SSSR count). The Morgan fingerprint density at radius 2 is 1.97 bits per heavy atom. The van der Waals surface area contributed by atoms with Gasteiger partial charge in [-0.05, 0) is 18.2 Å². The summed E-state index contributed by atoms with van der Waals surface area (Å²) in [7, 11) is 1.32. The highest BCUT2D eigenvalue weighted by Gasteiger charge is 2.41. The van der Waals surface area contributed by atoms with Crippen molar-refractivity contribution in [3.63, 3.8) is 0 Å². The molecule has 0 aliphatic carbocycles. The number of nitrogens with zero attached hydrogens (tertiary/aromatic N) is 3. The lowest BCUT2D eigenvalue weighted by atomic mass is 9.90. The van der Waals surface area contributed by atoms with Crippen LogP contribution in [0.2, 0.25) is 0 Å². The Kier molecular flexibility index (Phi) is 7.80. The Morgan fingerprint density at radius 3 is 2.57 bits per heavy atom. The molecule has 186 valence electrons. The first-order chi connectivity index (χ1) is 16.8. The third-order valence-corrected chi connectivity index (χ3v) is 7.26. The zero-order valence-corrected chi connectivity index (χ0v) is 20.0. The van der Waals surface area contributed by atoms with Crippen LogP contribution >= 0.6 is 11.8 Å². The summed E-state index contributed by atoms with van der Waals surface area (Å²) in [6.07, 6.45) is 2.14. The number of benzene rings is 2. The Morgan fingerprint density at radius 1 is 1.26 bits per heavy atom. The first-order valence-electron chi connectivity index (χ1n) is 10.9. The van der Waals surface area contributed by atoms with Gasteiger partial charge in [0.2, 0.25) is 0 Å². The van der Waals surface area contributed by atoms with Crippen molar-refractivity contribution < 1.29 is 32.9 Å². The number of ether oxygens (including phenoxy) is 3. The smallest absolute Gasteiger partial charge is 0.337 e. The molecule has 1 aromatic heterocycles. The topological polar surface area (TPSA) is 95.7 Å². The van der Waals surface area contributed by atoms with Crippen molar-refractivity contribution in [3.8, 4) is 0 Å². The van der Waals surface area contributed by atoms with Crippen LogP contribution in [-0.4, -0.2) is 56.7 Å². The molecule has 8 nitrogen and oxygen atoms in total. The maximum atomic E-state index is 14.7. The fraction of sp³-hybridized carbons (Fsp3) is 0.375. The molecular formula is C24H25F2N3O5S. The summed E-state index contributed by atoms with van der Waals surface area (Å²) in [6, 6.07) is 9.87. The molecule has 2 aromatic carbocycles. The molecule has 1 saturated heterocycles. The molecule has 0 bridgehead atoms. The fourth-order valence-corrected chi connectivity index (χ4v) is 5.20. The number of aromatic nitrogens is 3. The van der Waals surface area contributed by atoms with Gasteiger partial charge in [0.15, 0.2) is 6.29 Å². The minimum absolute atomic E-state index is 0.0318. The Labute approximate surface area is 205 Å². The zero-order chi connectivity index (χ0) is 25.0. The highest BCUT2D eigenvalue weighted by atomic mass is 32.2. The number of methoxy groups -OCH3 is 1. The van der Waals surface area contributed by atoms with Gasteiger partial charge in [0.05, 0.1) is 37.7 Å². The molecule has 1 aliphatic rings. The summed E-state index contributed by atoms with van der Waals surface area (Å²) >= 11 is 1.38. The van der Waals surface area contributed by atoms with Crippen LogP contribution in [0.5, 0.6) is 0 Å². The molecule has 2 atom stereocenters. The number of hydrogen-bond acceptors (Lipinski definition) is 8. The van der Waals surface area contributed by atoms with Gasteiger partial charge in [0.25, 0.3) is 0 Å². The van der Waals surface area contributed by atoms with E-state index >= 15 is 0 Å². The van der Waals surface area contributed by atoms with Crippen molar-refractivity contribution in [2.75, 3.05) is 20.3 Å². The fourth-order valence-electron chi connectivity index (χ4n) is 3.89. The summed E-state index contributed by atoms with van der Waals surface area (Å²) in [4.78, 5) is 15.5. The van der Waals surface area contributed by atoms with Gasteiger partial charge in [-0.3, -0.25) is 0 Å². The molecular weight excluding hydrogens is 480 g/mol. The van der Waals surface area contributed by atoms with Gasteiger partial charge < -0.3 is 19.3 Å². The van der Waals surface area contributed by atoms with Crippen LogP contribution in [0.4, 0.5) is 8.78 Å². The van der Waals surface area contributed by atoms with Crippen molar-refractivity contribution >= 4 is 17.7 Å². The summed E-state index contributed by atoms with van der Waals surface area (Å²) in [5.41, 5.74) is -0.564. The molecule has 1 N–H and O–H groups in total. The van der Waals surface area contributed by atoms with Crippen molar-refractivity contribution in [2.24, 2.45) is 0 Å². The van der Waals surface area contributed by atoms with Crippen LogP contribution in [0.15, 0.2) is 55.1 Å². The van der Waals surface area contributed by atoms with Gasteiger partial charge in [-0.15, -0.1) is 11.8 Å². The minimum Gasteiger partial charge on any atom is -0.465 e. The summed E-state index contributed by atoms with van der Waals surface area (Å²) < 4.78 is 46.1. The molecule has 0 unspecified atom stereocenters. The van der Waals surface area contributed by atoms with E-state index in [-0.39, 0.29) is 17.4 Å². The van der Waals surface area contributed by atoms with Crippen molar-refractivity contribution in [1.29, 1.82) is 0 Å². The van der Waals surface area contributed by atoms with E-state index in [0.29, 0.717) is 18.8 Å². The van der Waals surface area contributed by atoms with Gasteiger partial charge in [-0.25, -0.2) is 23.2 Å². The number of esters is 1. The lowest BCUT2D eigenvalue weighted by Crippen LogP contribution is -2.43. The molecule has 0 spiro atoms. The lowest BCUT2D eigenvalue weighted by Gasteiger charge is -2.37. The average molecular weight is 506 g/mol. The molecule has 0 radical (unpaired) electrons. The van der Waals surface area contributed by atoms with Crippen molar-refractivity contribution in [2.45, 2.75) is 35.9 Å². The SMILES string of the molecule is COC(=O)c1ccc([C@H]2OC[C@H](S[C@H](C)[C@](O)(Cn3cncn3)c3ccc(F)cc3F)CO2)cc1. The summed E-state index contributed by atoms with van der Waals surface area (Å²) in [6.45, 7) is 2.34. The molecule has 2 heterocycles. The van der Waals surface area contributed by atoms with Crippen LogP contribution in [0, 0.1) is 11.6 Å². The highest BCUT2D eigenvalue weighted by Crippen LogP contribution is 2.39. The van der Waals surface area contributed by atoms with Crippen LogP contribution in [0.25, 0.3) is 0 Å². The molecule has 1 fully saturated rings. The second-order valence-electron chi connectivity index (χ2n) is 8.15. The first-order valence-corrected chi connectivity index (χ1v) is 11.8. The third kappa shape index (κ3) is 5.69. The number of aliphatic hydroxyl groups is 1. The van der Waals surface area contributed by atoms with Crippen LogP contribution in [0.3, 0.4) is 0 Å². The largest absolute Gasteiger partial charge is 0.465 e. The summed E-state index contributed by atoms with van der Waals surface area (Å²) in [5.74, 6) is -2.00. The van der Waals surface area contributed by atoms with E-state index in [4.69, 9.17) is 14.2 Å². The van der Waals surface area contributed by atoms with E-state index in [0.717, 1.165) is 17.7 Å². The van der Waals surface area contributed by atoms with E-state index in [9.17, 15) is 18.7 Å². The number of carbonyl (C=O) groups is 1. The maximum absolute atomic E-state index is 14.7. The Balaban J connectivity index is 1.44. The van der Waals surface area contributed by atoms with Crippen molar-refractivity contribution in [3.05, 3.63) is 83.4 Å². The molecule has 1 aliphatic heterocycles. The Hall–Kier alpha value is -2.86. The molecule has 11 heteroatoms. The normalized spacial score (nSPS) is 20.7. The van der Waals surface area contributed by atoms with Crippen molar-refractivity contribution in [1.82, 2.24) is 14.8 Å². The Bertz CT molecular complexity index is 1140. The number of halogens is 2. The predicted octanol–water partition coefficient (Wildman–Crippen LogP) is 3.47. The molecule has 3 aromatic rings. The standard InChI is InChI=1S/C24H25F2N3O5S/c1-15(24(31,12-29-14-27-13-28-29)20-8-7-18(25)9-21(20)26)35-19-10-33-23(34-11-19)17-5-3-16(4-6-17)22(30)32-2/h3-9,13-15,19,23,31H,10-12H2,1-2H3/t15-,19-,23-,24-/m1/s1. The molecule has 0 amide bonds. The second kappa shape index (κ2) is 10.8. The van der Waals surface area contributed by atoms with Crippen LogP contribution in [0.1, 0.15) is 34.7 Å². The predicted molar refractivity (Wildman–Crippen MR) is 124 cm³/mol. The van der Waals surface area contributed by atoms with E-state index < -0.39 is 34.7 Å². The van der Waals surface area contributed by atoms with Gasteiger partial charge >= 0.3 is 5.97 Å². The summed E-state index contributed by atoms with van der Waals surface area (Å²) in [5, 5.41) is 15.0. The highest BCUT2D eigenvalue weighted by molar-refractivity contribution is 8.00. The van der Waals surface area contributed by atoms with E-state index in [1.165, 1.54) is 42.3 Å². The molecule has 35 heavy (non-hydrogen) atoms. The number of hydrogen-bond donors (Lipinski definition) is 1. The number of thioether (sulfide) groups is 1.